The number of halogens is 1. The molecule has 1 aliphatic rings. The molecule has 0 radical (unpaired) electrons. The van der Waals surface area contributed by atoms with Crippen molar-refractivity contribution in [2.75, 3.05) is 0 Å². The Labute approximate surface area is 64.0 Å². The van der Waals surface area contributed by atoms with Crippen LogP contribution in [-0.2, 0) is 4.79 Å². The second-order valence-corrected chi connectivity index (χ2v) is 4.02. The summed E-state index contributed by atoms with van der Waals surface area (Å²) in [6.07, 6.45) is 3.49. The van der Waals surface area contributed by atoms with Crippen LogP contribution < -0.4 is 0 Å². The number of ketones is 1. The predicted octanol–water partition coefficient (Wildman–Crippen LogP) is 2.14. The molecule has 0 aromatic carbocycles. The van der Waals surface area contributed by atoms with Crippen LogP contribution in [0, 0.1) is 5.92 Å². The Morgan fingerprint density at radius 2 is 2.22 bits per heavy atom. The topological polar surface area (TPSA) is 17.1 Å². The normalized spacial score (nSPS) is 22.9. The number of Topliss-reactive ketones (excluding diaryl/α,β-unsaturated/α-hetero) is 1. The van der Waals surface area contributed by atoms with Gasteiger partial charge in [0.05, 0.1) is 4.83 Å². The van der Waals surface area contributed by atoms with Gasteiger partial charge in [-0.2, -0.15) is 0 Å². The lowest BCUT2D eigenvalue weighted by Gasteiger charge is -2.24. The summed E-state index contributed by atoms with van der Waals surface area (Å²) in [6.45, 7) is 1.90. The number of carbonyl (C=O) groups excluding carboxylic acids is 1. The van der Waals surface area contributed by atoms with Gasteiger partial charge in [0.1, 0.15) is 5.78 Å². The van der Waals surface area contributed by atoms with Crippen molar-refractivity contribution in [3.63, 3.8) is 0 Å². The molecule has 1 atom stereocenters. The molecule has 0 aromatic heterocycles. The summed E-state index contributed by atoms with van der Waals surface area (Å²) in [5.41, 5.74) is 0. The minimum absolute atomic E-state index is 0.0720. The Kier molecular flexibility index (Phi) is 2.28. The van der Waals surface area contributed by atoms with Gasteiger partial charge >= 0.3 is 0 Å². The van der Waals surface area contributed by atoms with Gasteiger partial charge in [0.2, 0.25) is 0 Å². The minimum atomic E-state index is 0.0720. The van der Waals surface area contributed by atoms with E-state index < -0.39 is 0 Å². The Morgan fingerprint density at radius 3 is 2.33 bits per heavy atom. The fourth-order valence-electron chi connectivity index (χ4n) is 1.02. The Balaban J connectivity index is 2.32. The highest BCUT2D eigenvalue weighted by atomic mass is 79.9. The number of alkyl halides is 1. The fourth-order valence-corrected chi connectivity index (χ4v) is 1.39. The van der Waals surface area contributed by atoms with E-state index in [1.54, 1.807) is 0 Å². The van der Waals surface area contributed by atoms with E-state index in [2.05, 4.69) is 15.9 Å². The van der Waals surface area contributed by atoms with Crippen molar-refractivity contribution in [2.24, 2.45) is 5.92 Å². The van der Waals surface area contributed by atoms with Crippen molar-refractivity contribution in [2.45, 2.75) is 31.0 Å². The van der Waals surface area contributed by atoms with Crippen molar-refractivity contribution in [3.05, 3.63) is 0 Å². The largest absolute Gasteiger partial charge is 0.298 e. The smallest absolute Gasteiger partial charge is 0.149 e. The molecule has 0 aliphatic heterocycles. The van der Waals surface area contributed by atoms with Crippen molar-refractivity contribution >= 4 is 21.7 Å². The summed E-state index contributed by atoms with van der Waals surface area (Å²) in [5.74, 6) is 0.778. The number of hydrogen-bond acceptors (Lipinski definition) is 1. The van der Waals surface area contributed by atoms with Crippen molar-refractivity contribution < 1.29 is 4.79 Å². The second-order valence-electron chi connectivity index (χ2n) is 2.65. The van der Waals surface area contributed by atoms with Crippen LogP contribution in [0.1, 0.15) is 26.2 Å². The molecule has 0 amide bonds. The number of hydrogen-bond donors (Lipinski definition) is 0. The molecule has 0 aromatic rings. The van der Waals surface area contributed by atoms with Crippen molar-refractivity contribution in [1.29, 1.82) is 0 Å². The quantitative estimate of drug-likeness (QED) is 0.611. The molecule has 1 rings (SSSR count). The van der Waals surface area contributed by atoms with Gasteiger partial charge in [-0.25, -0.2) is 0 Å². The van der Waals surface area contributed by atoms with Crippen LogP contribution in [0.4, 0.5) is 0 Å². The van der Waals surface area contributed by atoms with E-state index >= 15 is 0 Å². The van der Waals surface area contributed by atoms with Crippen LogP contribution in [0.2, 0.25) is 0 Å². The summed E-state index contributed by atoms with van der Waals surface area (Å²) in [6, 6.07) is 0. The third-order valence-corrected chi connectivity index (χ3v) is 2.35. The Hall–Kier alpha value is 0.150. The fraction of sp³-hybridized carbons (Fsp3) is 0.857. The molecule has 2 heteroatoms. The van der Waals surface area contributed by atoms with Gasteiger partial charge in [-0.3, -0.25) is 4.79 Å². The zero-order valence-electron chi connectivity index (χ0n) is 5.56. The molecule has 52 valence electrons. The lowest BCUT2D eigenvalue weighted by molar-refractivity contribution is -0.124. The first-order chi connectivity index (χ1) is 4.22. The highest BCUT2D eigenvalue weighted by molar-refractivity contribution is 9.10. The average Bonchev–Trinajstić information content (AvgIpc) is 1.60. The molecule has 1 aliphatic carbocycles. The molecule has 0 bridgehead atoms. The molecule has 0 spiro atoms. The lowest BCUT2D eigenvalue weighted by atomic mass is 9.81. The maximum absolute atomic E-state index is 11.1. The molecule has 1 nitrogen and oxygen atoms in total. The van der Waals surface area contributed by atoms with Crippen LogP contribution in [0.25, 0.3) is 0 Å². The zero-order chi connectivity index (χ0) is 6.85. The van der Waals surface area contributed by atoms with Crippen molar-refractivity contribution in [1.82, 2.24) is 0 Å². The molecule has 1 saturated carbocycles. The predicted molar refractivity (Wildman–Crippen MR) is 40.7 cm³/mol. The standard InChI is InChI=1S/C7H11BrO/c1-5(8)7(9)6-3-2-4-6/h5-6H,2-4H2,1H3/t5-/m0/s1. The molecule has 0 heterocycles. The first kappa shape index (κ1) is 7.26. The van der Waals surface area contributed by atoms with Crippen LogP contribution in [0.5, 0.6) is 0 Å². The molecule has 0 unspecified atom stereocenters. The van der Waals surface area contributed by atoms with Gasteiger partial charge in [-0.1, -0.05) is 22.4 Å². The van der Waals surface area contributed by atoms with E-state index in [4.69, 9.17) is 0 Å². The van der Waals surface area contributed by atoms with Gasteiger partial charge in [-0.15, -0.1) is 0 Å². The first-order valence-corrected chi connectivity index (χ1v) is 4.31. The third kappa shape index (κ3) is 1.54. The SMILES string of the molecule is C[C@H](Br)C(=O)C1CCC1. The maximum atomic E-state index is 11.1. The summed E-state index contributed by atoms with van der Waals surface area (Å²) in [5, 5.41) is 0. The molecule has 9 heavy (non-hydrogen) atoms. The summed E-state index contributed by atoms with van der Waals surface area (Å²) in [4.78, 5) is 11.2. The zero-order valence-corrected chi connectivity index (χ0v) is 7.15. The maximum Gasteiger partial charge on any atom is 0.149 e. The van der Waals surface area contributed by atoms with Crippen LogP contribution in [-0.4, -0.2) is 10.6 Å². The molecular formula is C7H11BrO. The van der Waals surface area contributed by atoms with E-state index in [0.29, 0.717) is 11.7 Å². The molecule has 0 N–H and O–H groups in total. The molecular weight excluding hydrogens is 180 g/mol. The van der Waals surface area contributed by atoms with Crippen molar-refractivity contribution in [3.8, 4) is 0 Å². The summed E-state index contributed by atoms with van der Waals surface area (Å²) >= 11 is 3.27. The van der Waals surface area contributed by atoms with E-state index in [1.807, 2.05) is 6.92 Å². The highest BCUT2D eigenvalue weighted by Gasteiger charge is 2.27. The average molecular weight is 191 g/mol. The summed E-state index contributed by atoms with van der Waals surface area (Å²) in [7, 11) is 0. The Bertz CT molecular complexity index is 116. The summed E-state index contributed by atoms with van der Waals surface area (Å²) < 4.78 is 0. The van der Waals surface area contributed by atoms with E-state index in [-0.39, 0.29) is 4.83 Å². The number of rotatable bonds is 2. The second kappa shape index (κ2) is 2.82. The third-order valence-electron chi connectivity index (χ3n) is 1.90. The van der Waals surface area contributed by atoms with E-state index in [1.165, 1.54) is 6.42 Å². The van der Waals surface area contributed by atoms with Crippen LogP contribution in [0.3, 0.4) is 0 Å². The van der Waals surface area contributed by atoms with E-state index in [0.717, 1.165) is 12.8 Å². The van der Waals surface area contributed by atoms with Gasteiger partial charge in [-0.05, 0) is 19.8 Å². The number of carbonyl (C=O) groups is 1. The minimum Gasteiger partial charge on any atom is -0.298 e. The lowest BCUT2D eigenvalue weighted by Crippen LogP contribution is -2.27. The monoisotopic (exact) mass is 190 g/mol. The molecule has 1 fully saturated rings. The van der Waals surface area contributed by atoms with Gasteiger partial charge in [0.25, 0.3) is 0 Å². The van der Waals surface area contributed by atoms with E-state index in [9.17, 15) is 4.79 Å². The molecule has 0 saturated heterocycles. The van der Waals surface area contributed by atoms with Gasteiger partial charge < -0.3 is 0 Å². The first-order valence-electron chi connectivity index (χ1n) is 3.39. The van der Waals surface area contributed by atoms with Crippen LogP contribution in [0.15, 0.2) is 0 Å². The van der Waals surface area contributed by atoms with Gasteiger partial charge in [0, 0.05) is 5.92 Å². The highest BCUT2D eigenvalue weighted by Crippen LogP contribution is 2.29. The Morgan fingerprint density at radius 1 is 1.67 bits per heavy atom. The van der Waals surface area contributed by atoms with Gasteiger partial charge in [0.15, 0.2) is 0 Å². The van der Waals surface area contributed by atoms with Crippen LogP contribution >= 0.6 is 15.9 Å².